The van der Waals surface area contributed by atoms with Crippen LogP contribution in [-0.2, 0) is 24.1 Å². The third-order valence-corrected chi connectivity index (χ3v) is 7.69. The van der Waals surface area contributed by atoms with Crippen LogP contribution >= 0.6 is 11.3 Å². The number of nitrogens with zero attached hydrogens (tertiary/aromatic N) is 2. The number of hydrogen-bond acceptors (Lipinski definition) is 5. The first-order valence-corrected chi connectivity index (χ1v) is 12.3. The summed E-state index contributed by atoms with van der Waals surface area (Å²) in [5.74, 6) is -1.41. The normalized spacial score (nSPS) is 15.8. The van der Waals surface area contributed by atoms with E-state index in [1.807, 2.05) is 30.3 Å². The molecule has 1 aliphatic carbocycles. The molecule has 2 aliphatic rings. The summed E-state index contributed by atoms with van der Waals surface area (Å²) in [7, 11) is 0. The van der Waals surface area contributed by atoms with E-state index in [1.165, 1.54) is 11.3 Å². The first kappa shape index (κ1) is 22.1. The molecular weight excluding hydrogens is 446 g/mol. The number of rotatable bonds is 5. The summed E-state index contributed by atoms with van der Waals surface area (Å²) in [6.45, 7) is 0. The van der Waals surface area contributed by atoms with E-state index < -0.39 is 23.8 Å². The van der Waals surface area contributed by atoms with E-state index in [2.05, 4.69) is 11.4 Å². The van der Waals surface area contributed by atoms with Crippen LogP contribution < -0.4 is 5.32 Å². The van der Waals surface area contributed by atoms with Gasteiger partial charge in [0.05, 0.1) is 16.7 Å². The molecule has 0 bridgehead atoms. The maximum absolute atomic E-state index is 13.6. The summed E-state index contributed by atoms with van der Waals surface area (Å²) in [6, 6.07) is 17.2. The van der Waals surface area contributed by atoms with E-state index in [-0.39, 0.29) is 6.42 Å². The standard InChI is InChI=1S/C27H23N3O3S/c28-16-21-18-11-5-2-6-14-23(18)34-25(21)29-24(31)22(15-17-9-3-1-4-10-17)30-26(32)19-12-7-8-13-20(19)27(30)33/h1,3-4,7-10,12-13,22H,2,5-6,11,14-15H2,(H,29,31)/t22-/m0/s1. The highest BCUT2D eigenvalue weighted by Crippen LogP contribution is 2.37. The highest BCUT2D eigenvalue weighted by atomic mass is 32.1. The molecular formula is C27H23N3O3S. The van der Waals surface area contributed by atoms with Crippen molar-refractivity contribution in [2.24, 2.45) is 0 Å². The fraction of sp³-hybridized carbons (Fsp3) is 0.259. The van der Waals surface area contributed by atoms with E-state index in [1.54, 1.807) is 24.3 Å². The lowest BCUT2D eigenvalue weighted by atomic mass is 10.0. The fourth-order valence-corrected chi connectivity index (χ4v) is 6.02. The van der Waals surface area contributed by atoms with Gasteiger partial charge in [0.25, 0.3) is 11.8 Å². The molecule has 1 aliphatic heterocycles. The minimum absolute atomic E-state index is 0.186. The van der Waals surface area contributed by atoms with Crippen molar-refractivity contribution in [2.45, 2.75) is 44.6 Å². The van der Waals surface area contributed by atoms with Crippen molar-refractivity contribution in [3.05, 3.63) is 87.3 Å². The first-order valence-electron chi connectivity index (χ1n) is 11.4. The Morgan fingerprint density at radius 2 is 1.62 bits per heavy atom. The van der Waals surface area contributed by atoms with E-state index >= 15 is 0 Å². The molecule has 7 heteroatoms. The van der Waals surface area contributed by atoms with Crippen molar-refractivity contribution >= 4 is 34.1 Å². The number of aryl methyl sites for hydroxylation is 1. The molecule has 2 heterocycles. The van der Waals surface area contributed by atoms with Crippen LogP contribution in [0, 0.1) is 11.3 Å². The Kier molecular flexibility index (Phi) is 5.99. The maximum atomic E-state index is 13.6. The van der Waals surface area contributed by atoms with Gasteiger partial charge in [-0.25, -0.2) is 0 Å². The lowest BCUT2D eigenvalue weighted by Gasteiger charge is -2.25. The third kappa shape index (κ3) is 3.91. The van der Waals surface area contributed by atoms with Gasteiger partial charge in [-0.15, -0.1) is 11.3 Å². The number of hydrogen-bond donors (Lipinski definition) is 1. The molecule has 0 radical (unpaired) electrons. The Labute approximate surface area is 201 Å². The molecule has 1 N–H and O–H groups in total. The largest absolute Gasteiger partial charge is 0.315 e. The van der Waals surface area contributed by atoms with Crippen LogP contribution in [-0.4, -0.2) is 28.7 Å². The summed E-state index contributed by atoms with van der Waals surface area (Å²) < 4.78 is 0. The zero-order chi connectivity index (χ0) is 23.7. The van der Waals surface area contributed by atoms with Crippen LogP contribution in [0.5, 0.6) is 0 Å². The van der Waals surface area contributed by atoms with Crippen LogP contribution in [0.3, 0.4) is 0 Å². The Hall–Kier alpha value is -3.76. The van der Waals surface area contributed by atoms with Crippen molar-refractivity contribution < 1.29 is 14.4 Å². The van der Waals surface area contributed by atoms with Crippen LogP contribution in [0.25, 0.3) is 0 Å². The Morgan fingerprint density at radius 1 is 0.971 bits per heavy atom. The second kappa shape index (κ2) is 9.24. The molecule has 1 aromatic heterocycles. The van der Waals surface area contributed by atoms with Gasteiger partial charge in [-0.3, -0.25) is 19.3 Å². The molecule has 170 valence electrons. The molecule has 5 rings (SSSR count). The topological polar surface area (TPSA) is 90.3 Å². The Bertz CT molecular complexity index is 1290. The average molecular weight is 470 g/mol. The van der Waals surface area contributed by atoms with Crippen LogP contribution in [0.2, 0.25) is 0 Å². The smallest absolute Gasteiger partial charge is 0.262 e. The zero-order valence-corrected chi connectivity index (χ0v) is 19.4. The van der Waals surface area contributed by atoms with Crippen molar-refractivity contribution in [2.75, 3.05) is 5.32 Å². The first-order chi connectivity index (χ1) is 16.6. The number of imide groups is 1. The predicted octanol–water partition coefficient (Wildman–Crippen LogP) is 4.73. The molecule has 1 atom stereocenters. The number of anilines is 1. The minimum Gasteiger partial charge on any atom is -0.315 e. The number of nitriles is 1. The highest BCUT2D eigenvalue weighted by molar-refractivity contribution is 7.16. The van der Waals surface area contributed by atoms with Crippen LogP contribution in [0.1, 0.15) is 61.5 Å². The van der Waals surface area contributed by atoms with Gasteiger partial charge in [-0.2, -0.15) is 5.26 Å². The molecule has 0 spiro atoms. The molecule has 2 aromatic carbocycles. The maximum Gasteiger partial charge on any atom is 0.262 e. The summed E-state index contributed by atoms with van der Waals surface area (Å²) >= 11 is 1.44. The summed E-state index contributed by atoms with van der Waals surface area (Å²) in [5.41, 5.74) is 2.98. The van der Waals surface area contributed by atoms with Crippen molar-refractivity contribution in [1.29, 1.82) is 5.26 Å². The lowest BCUT2D eigenvalue weighted by Crippen LogP contribution is -2.48. The summed E-state index contributed by atoms with van der Waals surface area (Å²) in [4.78, 5) is 42.2. The quantitative estimate of drug-likeness (QED) is 0.432. The number of benzene rings is 2. The van der Waals surface area contributed by atoms with Gasteiger partial charge in [0.15, 0.2) is 0 Å². The molecule has 0 saturated carbocycles. The molecule has 3 aromatic rings. The number of amides is 3. The minimum atomic E-state index is -1.04. The molecule has 3 amide bonds. The molecule has 34 heavy (non-hydrogen) atoms. The van der Waals surface area contributed by atoms with Crippen molar-refractivity contribution in [3.8, 4) is 6.07 Å². The second-order valence-corrected chi connectivity index (χ2v) is 9.71. The van der Waals surface area contributed by atoms with Gasteiger partial charge in [0.2, 0.25) is 5.91 Å². The monoisotopic (exact) mass is 469 g/mol. The summed E-state index contributed by atoms with van der Waals surface area (Å²) in [6.07, 6.45) is 5.14. The van der Waals surface area contributed by atoms with Gasteiger partial charge >= 0.3 is 0 Å². The Balaban J connectivity index is 1.49. The van der Waals surface area contributed by atoms with Crippen molar-refractivity contribution in [1.82, 2.24) is 4.90 Å². The molecule has 0 fully saturated rings. The molecule has 0 saturated heterocycles. The third-order valence-electron chi connectivity index (χ3n) is 6.48. The van der Waals surface area contributed by atoms with Crippen LogP contribution in [0.15, 0.2) is 54.6 Å². The number of fused-ring (bicyclic) bond motifs is 2. The van der Waals surface area contributed by atoms with Crippen molar-refractivity contribution in [3.63, 3.8) is 0 Å². The number of carbonyl (C=O) groups is 3. The predicted molar refractivity (Wildman–Crippen MR) is 130 cm³/mol. The lowest BCUT2D eigenvalue weighted by molar-refractivity contribution is -0.119. The second-order valence-electron chi connectivity index (χ2n) is 8.60. The SMILES string of the molecule is N#Cc1c(NC(=O)[C@H](Cc2ccccc2)N2C(=O)c3ccccc3C2=O)sc2c1CCCCC2. The fourth-order valence-electron chi connectivity index (χ4n) is 4.77. The van der Waals surface area contributed by atoms with Gasteiger partial charge in [-0.1, -0.05) is 48.9 Å². The van der Waals surface area contributed by atoms with Crippen LogP contribution in [0.4, 0.5) is 5.00 Å². The van der Waals surface area contributed by atoms with E-state index in [0.717, 1.165) is 53.0 Å². The molecule has 0 unspecified atom stereocenters. The van der Waals surface area contributed by atoms with E-state index in [4.69, 9.17) is 0 Å². The van der Waals surface area contributed by atoms with Gasteiger partial charge in [0.1, 0.15) is 17.1 Å². The van der Waals surface area contributed by atoms with Gasteiger partial charge < -0.3 is 5.32 Å². The molecule has 6 nitrogen and oxygen atoms in total. The van der Waals surface area contributed by atoms with Gasteiger partial charge in [0, 0.05) is 11.3 Å². The number of nitrogens with one attached hydrogen (secondary N) is 1. The summed E-state index contributed by atoms with van der Waals surface area (Å²) in [5, 5.41) is 13.3. The highest BCUT2D eigenvalue weighted by Gasteiger charge is 2.43. The Morgan fingerprint density at radius 3 is 2.29 bits per heavy atom. The number of thiophene rings is 1. The zero-order valence-electron chi connectivity index (χ0n) is 18.5. The van der Waals surface area contributed by atoms with E-state index in [0.29, 0.717) is 21.7 Å². The van der Waals surface area contributed by atoms with Gasteiger partial charge in [-0.05, 0) is 48.9 Å². The number of carbonyl (C=O) groups excluding carboxylic acids is 3. The van der Waals surface area contributed by atoms with E-state index in [9.17, 15) is 19.6 Å². The average Bonchev–Trinajstić information content (AvgIpc) is 3.19.